The Labute approximate surface area is 95.5 Å². The van der Waals surface area contributed by atoms with Crippen LogP contribution in [0.3, 0.4) is 0 Å². The fourth-order valence-electron chi connectivity index (χ4n) is 1.23. The number of ether oxygens (including phenoxy) is 3. The van der Waals surface area contributed by atoms with Crippen molar-refractivity contribution in [3.05, 3.63) is 12.4 Å². The Morgan fingerprint density at radius 2 is 2.12 bits per heavy atom. The molecule has 0 saturated carbocycles. The molecule has 6 nitrogen and oxygen atoms in total. The molecule has 0 bridgehead atoms. The predicted molar refractivity (Wildman–Crippen MR) is 60.4 cm³/mol. The molecular weight excluding hydrogens is 210 g/mol. The first kappa shape index (κ1) is 13.0. The molecular formula is C10H19N3O3. The van der Waals surface area contributed by atoms with E-state index in [-0.39, 0.29) is 6.29 Å². The van der Waals surface area contributed by atoms with E-state index in [1.165, 1.54) is 0 Å². The molecule has 0 radical (unpaired) electrons. The maximum atomic E-state index is 5.06. The highest BCUT2D eigenvalue weighted by Crippen LogP contribution is 2.05. The van der Waals surface area contributed by atoms with Crippen LogP contribution in [-0.4, -0.2) is 50.6 Å². The van der Waals surface area contributed by atoms with Gasteiger partial charge in [0.15, 0.2) is 6.29 Å². The molecule has 1 N–H and O–H groups in total. The van der Waals surface area contributed by atoms with E-state index < -0.39 is 0 Å². The molecule has 0 aromatic carbocycles. The normalized spacial score (nSPS) is 11.0. The van der Waals surface area contributed by atoms with Gasteiger partial charge in [-0.05, 0) is 0 Å². The van der Waals surface area contributed by atoms with Crippen LogP contribution < -0.4 is 5.32 Å². The smallest absolute Gasteiger partial charge is 0.173 e. The number of hydrogen-bond donors (Lipinski definition) is 1. The second-order valence-corrected chi connectivity index (χ2v) is 3.27. The van der Waals surface area contributed by atoms with Gasteiger partial charge in [-0.1, -0.05) is 0 Å². The van der Waals surface area contributed by atoms with Crippen molar-refractivity contribution in [2.24, 2.45) is 0 Å². The van der Waals surface area contributed by atoms with Gasteiger partial charge < -0.3 is 19.5 Å². The van der Waals surface area contributed by atoms with Crippen LogP contribution >= 0.6 is 0 Å². The van der Waals surface area contributed by atoms with E-state index in [0.717, 1.165) is 12.2 Å². The molecule has 1 heterocycles. The third kappa shape index (κ3) is 4.18. The summed E-state index contributed by atoms with van der Waals surface area (Å²) in [5, 5.41) is 7.35. The first-order chi connectivity index (χ1) is 7.80. The number of rotatable bonds is 8. The molecule has 0 unspecified atom stereocenters. The average molecular weight is 229 g/mol. The fourth-order valence-corrected chi connectivity index (χ4v) is 1.23. The summed E-state index contributed by atoms with van der Waals surface area (Å²) in [5.74, 6) is 0. The van der Waals surface area contributed by atoms with Crippen LogP contribution in [0.5, 0.6) is 0 Å². The molecule has 92 valence electrons. The lowest BCUT2D eigenvalue weighted by Crippen LogP contribution is -2.23. The van der Waals surface area contributed by atoms with Crippen molar-refractivity contribution in [2.45, 2.75) is 12.8 Å². The molecule has 1 rings (SSSR count). The first-order valence-electron chi connectivity index (χ1n) is 5.11. The van der Waals surface area contributed by atoms with E-state index in [0.29, 0.717) is 13.2 Å². The Kier molecular flexibility index (Phi) is 5.84. The Morgan fingerprint density at radius 1 is 1.38 bits per heavy atom. The predicted octanol–water partition coefficient (Wildman–Crippen LogP) is 0.560. The summed E-state index contributed by atoms with van der Waals surface area (Å²) < 4.78 is 16.9. The molecule has 1 aromatic rings. The lowest BCUT2D eigenvalue weighted by atomic mass is 10.5. The fraction of sp³-hybridized carbons (Fsp3) is 0.700. The lowest BCUT2D eigenvalue weighted by molar-refractivity contribution is -0.0914. The molecule has 0 amide bonds. The van der Waals surface area contributed by atoms with Gasteiger partial charge >= 0.3 is 0 Å². The molecule has 6 heteroatoms. The van der Waals surface area contributed by atoms with Crippen LogP contribution in [-0.2, 0) is 20.8 Å². The molecule has 0 aliphatic carbocycles. The molecule has 0 aliphatic heterocycles. The van der Waals surface area contributed by atoms with Crippen LogP contribution in [0, 0.1) is 0 Å². The molecule has 0 atom stereocenters. The highest BCUT2D eigenvalue weighted by Gasteiger charge is 2.05. The number of aromatic nitrogens is 2. The monoisotopic (exact) mass is 229 g/mol. The molecule has 0 spiro atoms. The third-order valence-electron chi connectivity index (χ3n) is 2.16. The minimum Gasteiger partial charge on any atom is -0.383 e. The molecule has 0 fully saturated rings. The third-order valence-corrected chi connectivity index (χ3v) is 2.16. The van der Waals surface area contributed by atoms with Crippen molar-refractivity contribution in [2.75, 3.05) is 39.8 Å². The Bertz CT molecular complexity index is 287. The Hall–Kier alpha value is -1.11. The Balaban J connectivity index is 2.33. The SMILES string of the molecule is COCCn1cc(NCC(OC)OC)cn1. The maximum absolute atomic E-state index is 5.06. The number of nitrogens with zero attached hydrogens (tertiary/aromatic N) is 2. The quantitative estimate of drug-likeness (QED) is 0.660. The van der Waals surface area contributed by atoms with Crippen molar-refractivity contribution >= 4 is 5.69 Å². The molecule has 16 heavy (non-hydrogen) atoms. The number of anilines is 1. The molecule has 1 aromatic heterocycles. The van der Waals surface area contributed by atoms with Gasteiger partial charge in [-0.3, -0.25) is 4.68 Å². The van der Waals surface area contributed by atoms with Crippen LogP contribution in [0.25, 0.3) is 0 Å². The van der Waals surface area contributed by atoms with Gasteiger partial charge in [-0.2, -0.15) is 5.10 Å². The summed E-state index contributed by atoms with van der Waals surface area (Å²) in [6, 6.07) is 0. The van der Waals surface area contributed by atoms with E-state index in [2.05, 4.69) is 10.4 Å². The molecule has 0 saturated heterocycles. The average Bonchev–Trinajstić information content (AvgIpc) is 2.76. The summed E-state index contributed by atoms with van der Waals surface area (Å²) in [6.45, 7) is 1.99. The van der Waals surface area contributed by atoms with Crippen molar-refractivity contribution in [1.82, 2.24) is 9.78 Å². The van der Waals surface area contributed by atoms with E-state index in [1.807, 2.05) is 10.9 Å². The summed E-state index contributed by atoms with van der Waals surface area (Å²) in [4.78, 5) is 0. The summed E-state index contributed by atoms with van der Waals surface area (Å²) >= 11 is 0. The Morgan fingerprint density at radius 3 is 2.75 bits per heavy atom. The van der Waals surface area contributed by atoms with Crippen molar-refractivity contribution in [3.63, 3.8) is 0 Å². The zero-order valence-corrected chi connectivity index (χ0v) is 9.97. The van der Waals surface area contributed by atoms with Gasteiger partial charge in [0.25, 0.3) is 0 Å². The van der Waals surface area contributed by atoms with Gasteiger partial charge in [0, 0.05) is 27.5 Å². The second-order valence-electron chi connectivity index (χ2n) is 3.27. The van der Waals surface area contributed by atoms with Crippen molar-refractivity contribution in [3.8, 4) is 0 Å². The van der Waals surface area contributed by atoms with Crippen molar-refractivity contribution < 1.29 is 14.2 Å². The molecule has 0 aliphatic rings. The van der Waals surface area contributed by atoms with Crippen LogP contribution in [0.4, 0.5) is 5.69 Å². The highest BCUT2D eigenvalue weighted by molar-refractivity contribution is 5.37. The second kappa shape index (κ2) is 7.21. The minimum atomic E-state index is -0.248. The standard InChI is InChI=1S/C10H19N3O3/c1-14-5-4-13-8-9(6-12-13)11-7-10(15-2)16-3/h6,8,10-11H,4-5,7H2,1-3H3. The number of hydrogen-bond acceptors (Lipinski definition) is 5. The lowest BCUT2D eigenvalue weighted by Gasteiger charge is -2.13. The van der Waals surface area contributed by atoms with Crippen LogP contribution in [0.2, 0.25) is 0 Å². The largest absolute Gasteiger partial charge is 0.383 e. The van der Waals surface area contributed by atoms with Crippen molar-refractivity contribution in [1.29, 1.82) is 0 Å². The van der Waals surface area contributed by atoms with Crippen LogP contribution in [0.15, 0.2) is 12.4 Å². The summed E-state index contributed by atoms with van der Waals surface area (Å²) in [7, 11) is 4.89. The van der Waals surface area contributed by atoms with Crippen LogP contribution in [0.1, 0.15) is 0 Å². The maximum Gasteiger partial charge on any atom is 0.173 e. The van der Waals surface area contributed by atoms with Gasteiger partial charge in [0.1, 0.15) is 0 Å². The number of methoxy groups -OCH3 is 3. The van der Waals surface area contributed by atoms with E-state index in [1.54, 1.807) is 27.5 Å². The summed E-state index contributed by atoms with van der Waals surface area (Å²) in [5.41, 5.74) is 0.940. The van der Waals surface area contributed by atoms with Gasteiger partial charge in [-0.15, -0.1) is 0 Å². The van der Waals surface area contributed by atoms with E-state index >= 15 is 0 Å². The number of nitrogens with one attached hydrogen (secondary N) is 1. The zero-order valence-electron chi connectivity index (χ0n) is 9.97. The van der Waals surface area contributed by atoms with Gasteiger partial charge in [-0.25, -0.2) is 0 Å². The van der Waals surface area contributed by atoms with Gasteiger partial charge in [0.2, 0.25) is 0 Å². The topological polar surface area (TPSA) is 57.5 Å². The summed E-state index contributed by atoms with van der Waals surface area (Å²) in [6.07, 6.45) is 3.43. The first-order valence-corrected chi connectivity index (χ1v) is 5.11. The van der Waals surface area contributed by atoms with E-state index in [4.69, 9.17) is 14.2 Å². The van der Waals surface area contributed by atoms with Gasteiger partial charge in [0.05, 0.1) is 31.6 Å². The minimum absolute atomic E-state index is 0.248. The zero-order chi connectivity index (χ0) is 11.8. The highest BCUT2D eigenvalue weighted by atomic mass is 16.7. The van der Waals surface area contributed by atoms with E-state index in [9.17, 15) is 0 Å².